The Balaban J connectivity index is 1.61. The molecular formula is C33H44ClN5O4. The lowest BCUT2D eigenvalue weighted by Gasteiger charge is -2.18. The van der Waals surface area contributed by atoms with Crippen LogP contribution in [0.5, 0.6) is 17.2 Å². The topological polar surface area (TPSA) is 103 Å². The maximum atomic E-state index is 13.6. The van der Waals surface area contributed by atoms with Crippen molar-refractivity contribution in [3.05, 3.63) is 52.7 Å². The van der Waals surface area contributed by atoms with Crippen molar-refractivity contribution in [1.29, 1.82) is 0 Å². The number of rotatable bonds is 15. The minimum Gasteiger partial charge on any atom is -0.490 e. The highest BCUT2D eigenvalue weighted by Gasteiger charge is 2.25. The van der Waals surface area contributed by atoms with Crippen molar-refractivity contribution >= 4 is 28.8 Å². The molecular weight excluding hydrogens is 566 g/mol. The molecule has 4 aromatic rings. The van der Waals surface area contributed by atoms with Gasteiger partial charge in [0.25, 0.3) is 5.91 Å². The fraction of sp³-hybridized carbons (Fsp3) is 0.485. The number of hydrogen-bond acceptors (Lipinski definition) is 6. The lowest BCUT2D eigenvalue weighted by atomic mass is 9.92. The number of aromatic amines is 1. The molecule has 0 aliphatic carbocycles. The summed E-state index contributed by atoms with van der Waals surface area (Å²) in [5.74, 6) is 1.89. The maximum absolute atomic E-state index is 13.6. The zero-order chi connectivity index (χ0) is 31.0. The van der Waals surface area contributed by atoms with E-state index >= 15 is 0 Å². The van der Waals surface area contributed by atoms with Gasteiger partial charge < -0.3 is 24.5 Å². The molecule has 2 N–H and O–H groups in total. The van der Waals surface area contributed by atoms with E-state index < -0.39 is 0 Å². The van der Waals surface area contributed by atoms with Gasteiger partial charge >= 0.3 is 0 Å². The number of fused-ring (bicyclic) bond motifs is 1. The van der Waals surface area contributed by atoms with Crippen molar-refractivity contribution in [3.63, 3.8) is 0 Å². The van der Waals surface area contributed by atoms with Crippen LogP contribution >= 0.6 is 11.6 Å². The van der Waals surface area contributed by atoms with Gasteiger partial charge in [0.15, 0.2) is 23.0 Å². The molecule has 2 aromatic carbocycles. The quantitative estimate of drug-likeness (QED) is 0.131. The molecule has 0 atom stereocenters. The van der Waals surface area contributed by atoms with E-state index in [1.807, 2.05) is 24.3 Å². The van der Waals surface area contributed by atoms with E-state index in [1.165, 1.54) is 4.63 Å². The number of hydrogen-bond donors (Lipinski definition) is 2. The number of unbranched alkanes of at least 4 members (excludes halogenated alkanes) is 3. The molecule has 9 nitrogen and oxygen atoms in total. The summed E-state index contributed by atoms with van der Waals surface area (Å²) in [5.41, 5.74) is 3.01. The molecule has 10 heteroatoms. The number of H-pyrrole nitrogens is 1. The molecule has 2 heterocycles. The van der Waals surface area contributed by atoms with E-state index in [9.17, 15) is 4.79 Å². The molecule has 0 unspecified atom stereocenters. The lowest BCUT2D eigenvalue weighted by molar-refractivity contribution is 0.102. The molecule has 0 aliphatic rings. The average molecular weight is 610 g/mol. The Morgan fingerprint density at radius 2 is 1.51 bits per heavy atom. The molecule has 0 radical (unpaired) electrons. The molecule has 0 bridgehead atoms. The predicted octanol–water partition coefficient (Wildman–Crippen LogP) is 8.46. The predicted molar refractivity (Wildman–Crippen MR) is 172 cm³/mol. The van der Waals surface area contributed by atoms with Crippen molar-refractivity contribution in [3.8, 4) is 28.6 Å². The maximum Gasteiger partial charge on any atom is 0.255 e. The largest absolute Gasteiger partial charge is 0.490 e. The van der Waals surface area contributed by atoms with E-state index in [0.29, 0.717) is 64.8 Å². The van der Waals surface area contributed by atoms with Crippen LogP contribution in [0.1, 0.15) is 96.1 Å². The third kappa shape index (κ3) is 8.02. The molecule has 0 saturated carbocycles. The zero-order valence-corrected chi connectivity index (χ0v) is 26.9. The van der Waals surface area contributed by atoms with E-state index in [4.69, 9.17) is 25.8 Å². The first-order chi connectivity index (χ1) is 20.7. The number of anilines is 1. The number of halogens is 1. The molecule has 2 aromatic heterocycles. The minimum absolute atomic E-state index is 0.211. The van der Waals surface area contributed by atoms with Gasteiger partial charge in [0.05, 0.1) is 25.5 Å². The number of ether oxygens (including phenoxy) is 3. The van der Waals surface area contributed by atoms with Gasteiger partial charge in [-0.05, 0) is 43.5 Å². The van der Waals surface area contributed by atoms with Gasteiger partial charge in [-0.2, -0.15) is 5.10 Å². The second-order valence-electron chi connectivity index (χ2n) is 11.7. The molecule has 0 saturated heterocycles. The highest BCUT2D eigenvalue weighted by atomic mass is 35.5. The molecule has 43 heavy (non-hydrogen) atoms. The van der Waals surface area contributed by atoms with Gasteiger partial charge in [0, 0.05) is 22.2 Å². The smallest absolute Gasteiger partial charge is 0.255 e. The van der Waals surface area contributed by atoms with Crippen LogP contribution in [0.4, 0.5) is 5.69 Å². The van der Waals surface area contributed by atoms with Gasteiger partial charge in [-0.15, -0.1) is 9.73 Å². The van der Waals surface area contributed by atoms with Crippen LogP contribution in [0.15, 0.2) is 36.4 Å². The monoisotopic (exact) mass is 609 g/mol. The fourth-order valence-corrected chi connectivity index (χ4v) is 4.83. The first kappa shape index (κ1) is 32.2. The second-order valence-corrected chi connectivity index (χ2v) is 12.0. The standard InChI is InChI=1S/C33H44ClN5O4/c1-7-10-16-41-25-20-23(21-26(42-17-11-8-2)28(25)43-18-12-9-3)32(40)35-24-15-13-14-22(19-24)30-36-31-27(34)29(33(4,5)6)37-39(31)38-30/h13-15,19-21H,7-12,16-18H2,1-6H3,(H,35,40)(H,36,38). The van der Waals surface area contributed by atoms with Gasteiger partial charge in [0.2, 0.25) is 5.75 Å². The summed E-state index contributed by atoms with van der Waals surface area (Å²) < 4.78 is 19.9. The normalized spacial score (nSPS) is 11.6. The van der Waals surface area contributed by atoms with Crippen LogP contribution in [0.2, 0.25) is 5.02 Å². The Morgan fingerprint density at radius 1 is 0.907 bits per heavy atom. The van der Waals surface area contributed by atoms with E-state index in [-0.39, 0.29) is 11.3 Å². The molecule has 1 amide bonds. The first-order valence-electron chi connectivity index (χ1n) is 15.3. The van der Waals surface area contributed by atoms with Crippen LogP contribution in [-0.2, 0) is 5.41 Å². The van der Waals surface area contributed by atoms with Crippen molar-refractivity contribution in [1.82, 2.24) is 19.8 Å². The highest BCUT2D eigenvalue weighted by molar-refractivity contribution is 6.34. The number of benzene rings is 2. The van der Waals surface area contributed by atoms with E-state index in [2.05, 4.69) is 62.0 Å². The van der Waals surface area contributed by atoms with Gasteiger partial charge in [-0.1, -0.05) is 84.5 Å². The highest BCUT2D eigenvalue weighted by Crippen LogP contribution is 2.40. The first-order valence-corrected chi connectivity index (χ1v) is 15.7. The van der Waals surface area contributed by atoms with Gasteiger partial charge in [-0.25, -0.2) is 0 Å². The Labute approximate surface area is 259 Å². The lowest BCUT2D eigenvalue weighted by Crippen LogP contribution is -2.14. The fourth-order valence-electron chi connectivity index (χ4n) is 4.39. The summed E-state index contributed by atoms with van der Waals surface area (Å²) in [5, 5.41) is 12.7. The number of nitrogens with zero attached hydrogens (tertiary/aromatic N) is 3. The minimum atomic E-state index is -0.287. The Hall–Kier alpha value is -3.72. The van der Waals surface area contributed by atoms with E-state index in [1.54, 1.807) is 12.1 Å². The van der Waals surface area contributed by atoms with Crippen molar-refractivity contribution in [2.45, 2.75) is 85.5 Å². The van der Waals surface area contributed by atoms with Crippen LogP contribution in [0, 0.1) is 0 Å². The van der Waals surface area contributed by atoms with E-state index in [0.717, 1.165) is 49.8 Å². The van der Waals surface area contributed by atoms with Crippen LogP contribution in [0.25, 0.3) is 17.0 Å². The van der Waals surface area contributed by atoms with Crippen LogP contribution in [-0.4, -0.2) is 45.5 Å². The summed E-state index contributed by atoms with van der Waals surface area (Å²) >= 11 is 6.62. The van der Waals surface area contributed by atoms with Gasteiger partial charge in [-0.3, -0.25) is 4.79 Å². The zero-order valence-electron chi connectivity index (χ0n) is 26.2. The Morgan fingerprint density at radius 3 is 2.07 bits per heavy atom. The molecule has 0 spiro atoms. The van der Waals surface area contributed by atoms with Crippen molar-refractivity contribution in [2.75, 3.05) is 25.1 Å². The summed E-state index contributed by atoms with van der Waals surface area (Å²) in [7, 11) is 0. The van der Waals surface area contributed by atoms with Crippen molar-refractivity contribution in [2.24, 2.45) is 0 Å². The number of carbonyl (C=O) groups excluding carboxylic acids is 1. The third-order valence-corrected chi connectivity index (χ3v) is 7.24. The molecule has 4 rings (SSSR count). The number of amides is 1. The summed E-state index contributed by atoms with van der Waals surface area (Å²) in [4.78, 5) is 16.8. The SMILES string of the molecule is CCCCOc1cc(C(=O)Nc2cccc(-c3nn4nc(C(C)(C)C)c(Cl)c4[nH]3)c2)cc(OCCCC)c1OCCCC. The Bertz CT molecular complexity index is 1490. The molecule has 232 valence electrons. The van der Waals surface area contributed by atoms with Crippen LogP contribution in [0.3, 0.4) is 0 Å². The number of aromatic nitrogens is 4. The second kappa shape index (κ2) is 14.6. The molecule has 0 aliphatic heterocycles. The van der Waals surface area contributed by atoms with Gasteiger partial charge in [0.1, 0.15) is 5.02 Å². The van der Waals surface area contributed by atoms with Crippen molar-refractivity contribution < 1.29 is 19.0 Å². The summed E-state index contributed by atoms with van der Waals surface area (Å²) in [6, 6.07) is 10.9. The summed E-state index contributed by atoms with van der Waals surface area (Å²) in [6.45, 7) is 14.1. The molecule has 0 fully saturated rings. The third-order valence-electron chi connectivity index (χ3n) is 6.88. The van der Waals surface area contributed by atoms with Crippen LogP contribution < -0.4 is 19.5 Å². The Kier molecular flexibility index (Phi) is 11.0. The number of nitrogens with one attached hydrogen (secondary N) is 2. The number of carbonyl (C=O) groups is 1. The summed E-state index contributed by atoms with van der Waals surface area (Å²) in [6.07, 6.45) is 5.69. The average Bonchev–Trinajstić information content (AvgIpc) is 3.54.